The third-order valence-corrected chi connectivity index (χ3v) is 3.30. The van der Waals surface area contributed by atoms with Crippen molar-refractivity contribution in [2.45, 2.75) is 25.9 Å². The minimum Gasteiger partial charge on any atom is -0.492 e. The molecular weight excluding hydrogens is 250 g/mol. The van der Waals surface area contributed by atoms with E-state index in [2.05, 4.69) is 5.32 Å². The van der Waals surface area contributed by atoms with Crippen LogP contribution in [0.25, 0.3) is 0 Å². The number of ether oxygens (including phenoxy) is 2. The zero-order chi connectivity index (χ0) is 12.8. The molecule has 100 valence electrons. The molecule has 4 heteroatoms. The molecule has 0 spiro atoms. The highest BCUT2D eigenvalue weighted by Gasteiger charge is 2.14. The maximum absolute atomic E-state index is 5.89. The van der Waals surface area contributed by atoms with Crippen molar-refractivity contribution in [2.75, 3.05) is 26.3 Å². The molecule has 1 fully saturated rings. The van der Waals surface area contributed by atoms with Crippen molar-refractivity contribution in [3.63, 3.8) is 0 Å². The van der Waals surface area contributed by atoms with E-state index in [4.69, 9.17) is 21.1 Å². The van der Waals surface area contributed by atoms with Crippen LogP contribution in [0, 0.1) is 6.92 Å². The van der Waals surface area contributed by atoms with Gasteiger partial charge in [0, 0.05) is 24.7 Å². The highest BCUT2D eigenvalue weighted by Crippen LogP contribution is 2.21. The molecule has 1 atom stereocenters. The topological polar surface area (TPSA) is 30.5 Å². The van der Waals surface area contributed by atoms with Gasteiger partial charge in [-0.25, -0.2) is 0 Å². The lowest BCUT2D eigenvalue weighted by molar-refractivity contribution is 0.109. The van der Waals surface area contributed by atoms with Crippen LogP contribution in [-0.2, 0) is 4.74 Å². The largest absolute Gasteiger partial charge is 0.492 e. The van der Waals surface area contributed by atoms with E-state index < -0.39 is 0 Å². The Morgan fingerprint density at radius 3 is 3.11 bits per heavy atom. The van der Waals surface area contributed by atoms with E-state index in [-0.39, 0.29) is 0 Å². The SMILES string of the molecule is Cc1cc(Cl)ccc1OCCNCC1CCCO1. The first-order chi connectivity index (χ1) is 8.75. The summed E-state index contributed by atoms with van der Waals surface area (Å²) in [4.78, 5) is 0. The van der Waals surface area contributed by atoms with Crippen LogP contribution in [0.4, 0.5) is 0 Å². The zero-order valence-electron chi connectivity index (χ0n) is 10.7. The molecule has 1 aromatic rings. The highest BCUT2D eigenvalue weighted by molar-refractivity contribution is 6.30. The third kappa shape index (κ3) is 4.16. The number of aryl methyl sites for hydroxylation is 1. The van der Waals surface area contributed by atoms with E-state index in [1.54, 1.807) is 0 Å². The Morgan fingerprint density at radius 2 is 2.39 bits per heavy atom. The number of benzene rings is 1. The molecule has 1 aliphatic heterocycles. The Hall–Kier alpha value is -0.770. The van der Waals surface area contributed by atoms with E-state index in [0.29, 0.717) is 12.7 Å². The number of hydrogen-bond donors (Lipinski definition) is 1. The second kappa shape index (κ2) is 6.98. The highest BCUT2D eigenvalue weighted by atomic mass is 35.5. The molecule has 0 aromatic heterocycles. The van der Waals surface area contributed by atoms with Crippen molar-refractivity contribution in [3.8, 4) is 5.75 Å². The molecule has 0 amide bonds. The quantitative estimate of drug-likeness (QED) is 0.806. The Morgan fingerprint density at radius 1 is 1.50 bits per heavy atom. The van der Waals surface area contributed by atoms with Crippen molar-refractivity contribution in [2.24, 2.45) is 0 Å². The number of nitrogens with one attached hydrogen (secondary N) is 1. The van der Waals surface area contributed by atoms with Crippen molar-refractivity contribution >= 4 is 11.6 Å². The molecule has 1 N–H and O–H groups in total. The van der Waals surface area contributed by atoms with Crippen LogP contribution in [0.15, 0.2) is 18.2 Å². The summed E-state index contributed by atoms with van der Waals surface area (Å²) in [5.41, 5.74) is 1.07. The first-order valence-corrected chi connectivity index (χ1v) is 6.85. The molecule has 0 aliphatic carbocycles. The molecule has 1 heterocycles. The molecule has 1 aromatic carbocycles. The smallest absolute Gasteiger partial charge is 0.122 e. The van der Waals surface area contributed by atoms with Gasteiger partial charge >= 0.3 is 0 Å². The van der Waals surface area contributed by atoms with Gasteiger partial charge in [-0.15, -0.1) is 0 Å². The van der Waals surface area contributed by atoms with Gasteiger partial charge in [0.25, 0.3) is 0 Å². The fraction of sp³-hybridized carbons (Fsp3) is 0.571. The van der Waals surface area contributed by atoms with Gasteiger partial charge in [0.2, 0.25) is 0 Å². The molecule has 18 heavy (non-hydrogen) atoms. The molecule has 2 rings (SSSR count). The van der Waals surface area contributed by atoms with Crippen LogP contribution in [0.1, 0.15) is 18.4 Å². The second-order valence-electron chi connectivity index (χ2n) is 4.60. The molecule has 0 saturated carbocycles. The predicted octanol–water partition coefficient (Wildman–Crippen LogP) is 2.80. The molecule has 3 nitrogen and oxygen atoms in total. The zero-order valence-corrected chi connectivity index (χ0v) is 11.5. The van der Waals surface area contributed by atoms with E-state index >= 15 is 0 Å². The van der Waals surface area contributed by atoms with Gasteiger partial charge in [-0.05, 0) is 43.5 Å². The third-order valence-electron chi connectivity index (χ3n) is 3.07. The first-order valence-electron chi connectivity index (χ1n) is 6.47. The normalized spacial score (nSPS) is 19.1. The van der Waals surface area contributed by atoms with Crippen molar-refractivity contribution < 1.29 is 9.47 Å². The number of rotatable bonds is 6. The molecule has 1 saturated heterocycles. The summed E-state index contributed by atoms with van der Waals surface area (Å²) in [6.07, 6.45) is 2.75. The monoisotopic (exact) mass is 269 g/mol. The summed E-state index contributed by atoms with van der Waals surface area (Å²) in [5.74, 6) is 0.901. The first kappa shape index (κ1) is 13.7. The van der Waals surface area contributed by atoms with Gasteiger partial charge in [-0.3, -0.25) is 0 Å². The lowest BCUT2D eigenvalue weighted by Crippen LogP contribution is -2.29. The van der Waals surface area contributed by atoms with Gasteiger partial charge in [0.05, 0.1) is 6.10 Å². The van der Waals surface area contributed by atoms with Crippen LogP contribution in [0.3, 0.4) is 0 Å². The summed E-state index contributed by atoms with van der Waals surface area (Å²) >= 11 is 5.89. The maximum atomic E-state index is 5.89. The van der Waals surface area contributed by atoms with E-state index in [1.165, 1.54) is 12.8 Å². The van der Waals surface area contributed by atoms with Crippen molar-refractivity contribution in [1.82, 2.24) is 5.32 Å². The van der Waals surface area contributed by atoms with Gasteiger partial charge < -0.3 is 14.8 Å². The van der Waals surface area contributed by atoms with E-state index in [1.807, 2.05) is 25.1 Å². The van der Waals surface area contributed by atoms with E-state index in [0.717, 1.165) is 36.0 Å². The maximum Gasteiger partial charge on any atom is 0.122 e. The van der Waals surface area contributed by atoms with Crippen molar-refractivity contribution in [1.29, 1.82) is 0 Å². The van der Waals surface area contributed by atoms with Crippen LogP contribution < -0.4 is 10.1 Å². The summed E-state index contributed by atoms with van der Waals surface area (Å²) < 4.78 is 11.2. The van der Waals surface area contributed by atoms with Gasteiger partial charge in [0.15, 0.2) is 0 Å². The molecule has 0 bridgehead atoms. The lowest BCUT2D eigenvalue weighted by Gasteiger charge is -2.12. The average Bonchev–Trinajstić information content (AvgIpc) is 2.84. The fourth-order valence-corrected chi connectivity index (χ4v) is 2.30. The van der Waals surface area contributed by atoms with Gasteiger partial charge in [-0.2, -0.15) is 0 Å². The predicted molar refractivity (Wildman–Crippen MR) is 73.5 cm³/mol. The molecule has 1 unspecified atom stereocenters. The molecule has 0 radical (unpaired) electrons. The number of halogens is 1. The molecule has 1 aliphatic rings. The van der Waals surface area contributed by atoms with Crippen LogP contribution in [0.2, 0.25) is 5.02 Å². The Bertz CT molecular complexity index is 378. The lowest BCUT2D eigenvalue weighted by atomic mass is 10.2. The second-order valence-corrected chi connectivity index (χ2v) is 5.03. The Labute approximate surface area is 113 Å². The minimum absolute atomic E-state index is 0.391. The Kier molecular flexibility index (Phi) is 5.29. The Balaban J connectivity index is 1.62. The molecular formula is C14H20ClNO2. The number of hydrogen-bond acceptors (Lipinski definition) is 3. The van der Waals surface area contributed by atoms with Crippen molar-refractivity contribution in [3.05, 3.63) is 28.8 Å². The minimum atomic E-state index is 0.391. The van der Waals surface area contributed by atoms with Gasteiger partial charge in [-0.1, -0.05) is 11.6 Å². The standard InChI is InChI=1S/C14H20ClNO2/c1-11-9-12(15)4-5-14(11)18-8-6-16-10-13-3-2-7-17-13/h4-5,9,13,16H,2-3,6-8,10H2,1H3. The average molecular weight is 270 g/mol. The summed E-state index contributed by atoms with van der Waals surface area (Å²) in [7, 11) is 0. The van der Waals surface area contributed by atoms with E-state index in [9.17, 15) is 0 Å². The van der Waals surface area contributed by atoms with Crippen LogP contribution >= 0.6 is 11.6 Å². The fourth-order valence-electron chi connectivity index (χ4n) is 2.08. The summed E-state index contributed by atoms with van der Waals surface area (Å²) in [6.45, 7) is 5.33. The van der Waals surface area contributed by atoms with Crippen LogP contribution in [0.5, 0.6) is 5.75 Å². The van der Waals surface area contributed by atoms with Gasteiger partial charge in [0.1, 0.15) is 12.4 Å². The summed E-state index contributed by atoms with van der Waals surface area (Å²) in [6, 6.07) is 5.68. The summed E-state index contributed by atoms with van der Waals surface area (Å²) in [5, 5.41) is 4.10. The van der Waals surface area contributed by atoms with Crippen LogP contribution in [-0.4, -0.2) is 32.4 Å².